The van der Waals surface area contributed by atoms with Gasteiger partial charge in [-0.2, -0.15) is 5.10 Å². The third-order valence-corrected chi connectivity index (χ3v) is 5.25. The molecule has 2 aromatic carbocycles. The molecule has 146 valence electrons. The molecular formula is C25H26N4. The molecule has 0 aliphatic carbocycles. The van der Waals surface area contributed by atoms with Crippen molar-refractivity contribution in [2.45, 2.75) is 32.1 Å². The summed E-state index contributed by atoms with van der Waals surface area (Å²) in [6.07, 6.45) is 11.4. The minimum Gasteiger partial charge on any atom is -0.250 e. The summed E-state index contributed by atoms with van der Waals surface area (Å²) in [7, 11) is 1.92. The Morgan fingerprint density at radius 1 is 0.862 bits per heavy atom. The van der Waals surface area contributed by atoms with Crippen molar-refractivity contribution in [1.82, 2.24) is 19.7 Å². The molecular weight excluding hydrogens is 356 g/mol. The largest absolute Gasteiger partial charge is 0.250 e. The number of allylic oxidation sites excluding steroid dienone is 1. The number of hydrogen-bond acceptors (Lipinski definition) is 3. The van der Waals surface area contributed by atoms with E-state index in [9.17, 15) is 0 Å². The van der Waals surface area contributed by atoms with Crippen LogP contribution in [-0.2, 0) is 13.5 Å². The minimum atomic E-state index is 0.910. The quantitative estimate of drug-likeness (QED) is 0.373. The van der Waals surface area contributed by atoms with Crippen LogP contribution in [0.1, 0.15) is 42.5 Å². The van der Waals surface area contributed by atoms with Crippen LogP contribution in [0.5, 0.6) is 0 Å². The van der Waals surface area contributed by atoms with Crippen LogP contribution in [0.15, 0.2) is 79.3 Å². The van der Waals surface area contributed by atoms with Crippen molar-refractivity contribution in [1.29, 1.82) is 0 Å². The lowest BCUT2D eigenvalue weighted by Crippen LogP contribution is -1.96. The second-order valence-corrected chi connectivity index (χ2v) is 7.28. The maximum absolute atomic E-state index is 4.47. The second-order valence-electron chi connectivity index (χ2n) is 7.28. The maximum Gasteiger partial charge on any atom is 0.161 e. The van der Waals surface area contributed by atoms with E-state index in [2.05, 4.69) is 81.8 Å². The van der Waals surface area contributed by atoms with Crippen molar-refractivity contribution in [3.63, 3.8) is 0 Å². The Balaban J connectivity index is 1.36. The molecule has 2 heterocycles. The van der Waals surface area contributed by atoms with E-state index in [0.29, 0.717) is 0 Å². The van der Waals surface area contributed by atoms with Crippen LogP contribution in [0.4, 0.5) is 0 Å². The average molecular weight is 383 g/mol. The van der Waals surface area contributed by atoms with Gasteiger partial charge in [0.25, 0.3) is 0 Å². The Morgan fingerprint density at radius 3 is 2.24 bits per heavy atom. The van der Waals surface area contributed by atoms with E-state index in [1.54, 1.807) is 11.0 Å². The lowest BCUT2D eigenvalue weighted by atomic mass is 9.96. The summed E-state index contributed by atoms with van der Waals surface area (Å²) in [5, 5.41) is 5.37. The topological polar surface area (TPSA) is 43.6 Å². The van der Waals surface area contributed by atoms with E-state index in [-0.39, 0.29) is 0 Å². The van der Waals surface area contributed by atoms with Crippen molar-refractivity contribution in [2.75, 3.05) is 0 Å². The highest BCUT2D eigenvalue weighted by Crippen LogP contribution is 2.24. The number of rotatable bonds is 8. The Labute approximate surface area is 172 Å². The fourth-order valence-corrected chi connectivity index (χ4v) is 3.71. The van der Waals surface area contributed by atoms with Crippen LogP contribution in [0.2, 0.25) is 0 Å². The zero-order chi connectivity index (χ0) is 19.9. The molecule has 0 amide bonds. The van der Waals surface area contributed by atoms with Crippen LogP contribution >= 0.6 is 0 Å². The zero-order valence-corrected chi connectivity index (χ0v) is 16.8. The molecule has 0 spiro atoms. The lowest BCUT2D eigenvalue weighted by molar-refractivity contribution is 0.681. The molecule has 0 aliphatic rings. The molecule has 0 fully saturated rings. The van der Waals surface area contributed by atoms with Crippen molar-refractivity contribution in [2.24, 2.45) is 7.05 Å². The van der Waals surface area contributed by atoms with E-state index in [4.69, 9.17) is 0 Å². The molecule has 0 unspecified atom stereocenters. The van der Waals surface area contributed by atoms with E-state index in [0.717, 1.165) is 36.0 Å². The van der Waals surface area contributed by atoms with E-state index < -0.39 is 0 Å². The van der Waals surface area contributed by atoms with Gasteiger partial charge in [0.2, 0.25) is 0 Å². The van der Waals surface area contributed by atoms with E-state index in [1.165, 1.54) is 29.5 Å². The predicted octanol–water partition coefficient (Wildman–Crippen LogP) is 5.60. The van der Waals surface area contributed by atoms with Crippen molar-refractivity contribution < 1.29 is 0 Å². The molecule has 0 atom stereocenters. The van der Waals surface area contributed by atoms with Crippen molar-refractivity contribution in [3.05, 3.63) is 96.1 Å². The van der Waals surface area contributed by atoms with Gasteiger partial charge < -0.3 is 0 Å². The van der Waals surface area contributed by atoms with Gasteiger partial charge in [0.15, 0.2) is 5.65 Å². The monoisotopic (exact) mass is 382 g/mol. The fourth-order valence-electron chi connectivity index (χ4n) is 3.71. The number of unbranched alkanes of at least 4 members (excludes halogenated alkanes) is 3. The van der Waals surface area contributed by atoms with Crippen LogP contribution in [0.25, 0.3) is 16.6 Å². The van der Waals surface area contributed by atoms with Crippen LogP contribution in [-0.4, -0.2) is 19.7 Å². The third-order valence-electron chi connectivity index (χ3n) is 5.25. The van der Waals surface area contributed by atoms with Gasteiger partial charge in [-0.15, -0.1) is 0 Å². The van der Waals surface area contributed by atoms with Crippen molar-refractivity contribution >= 4 is 16.6 Å². The SMILES string of the molecule is Cn1ncc2c(CCCCCC=C(c3ccccc3)c3ccccc3)ncnc21. The number of aryl methyl sites for hydroxylation is 2. The van der Waals surface area contributed by atoms with E-state index >= 15 is 0 Å². The standard InChI is InChI=1S/C25H26N4/c1-29-25-23(18-28-29)24(26-19-27-25)17-11-3-2-10-16-22(20-12-6-4-7-13-20)21-14-8-5-9-15-21/h4-9,12-16,18-19H,2-3,10-11,17H2,1H3. The molecule has 0 saturated heterocycles. The summed E-state index contributed by atoms with van der Waals surface area (Å²) in [5.74, 6) is 0. The van der Waals surface area contributed by atoms with Gasteiger partial charge in [-0.3, -0.25) is 4.68 Å². The molecule has 4 nitrogen and oxygen atoms in total. The Bertz CT molecular complexity index is 1040. The summed E-state index contributed by atoms with van der Waals surface area (Å²) < 4.78 is 1.81. The molecule has 0 aliphatic heterocycles. The first kappa shape index (κ1) is 19.1. The number of nitrogens with zero attached hydrogens (tertiary/aromatic N) is 4. The summed E-state index contributed by atoms with van der Waals surface area (Å²) in [5.41, 5.74) is 5.89. The predicted molar refractivity (Wildman–Crippen MR) is 118 cm³/mol. The Hall–Kier alpha value is -3.27. The van der Waals surface area contributed by atoms with Gasteiger partial charge >= 0.3 is 0 Å². The molecule has 29 heavy (non-hydrogen) atoms. The lowest BCUT2D eigenvalue weighted by Gasteiger charge is -2.09. The van der Waals surface area contributed by atoms with Gasteiger partial charge in [-0.25, -0.2) is 9.97 Å². The number of aromatic nitrogens is 4. The summed E-state index contributed by atoms with van der Waals surface area (Å²) in [6.45, 7) is 0. The molecule has 4 heteroatoms. The molecule has 2 aromatic heterocycles. The number of fused-ring (bicyclic) bond motifs is 1. The summed E-state index contributed by atoms with van der Waals surface area (Å²) >= 11 is 0. The highest BCUT2D eigenvalue weighted by atomic mass is 15.3. The van der Waals surface area contributed by atoms with Gasteiger partial charge in [-0.1, -0.05) is 73.2 Å². The van der Waals surface area contributed by atoms with Crippen LogP contribution in [0.3, 0.4) is 0 Å². The first-order valence-corrected chi connectivity index (χ1v) is 10.3. The summed E-state index contributed by atoms with van der Waals surface area (Å²) in [6, 6.07) is 21.3. The first-order chi connectivity index (χ1) is 14.3. The average Bonchev–Trinajstić information content (AvgIpc) is 3.16. The Kier molecular flexibility index (Phi) is 6.10. The molecule has 4 aromatic rings. The van der Waals surface area contributed by atoms with Crippen LogP contribution in [0, 0.1) is 0 Å². The normalized spacial score (nSPS) is 10.9. The fraction of sp³-hybridized carbons (Fsp3) is 0.240. The summed E-state index contributed by atoms with van der Waals surface area (Å²) in [4.78, 5) is 8.79. The molecule has 0 radical (unpaired) electrons. The number of hydrogen-bond donors (Lipinski definition) is 0. The third kappa shape index (κ3) is 4.60. The van der Waals surface area contributed by atoms with Gasteiger partial charge in [0, 0.05) is 7.05 Å². The molecule has 4 rings (SSSR count). The molecule has 0 N–H and O–H groups in total. The molecule has 0 bridgehead atoms. The first-order valence-electron chi connectivity index (χ1n) is 10.3. The molecule has 0 saturated carbocycles. The minimum absolute atomic E-state index is 0.910. The van der Waals surface area contributed by atoms with Gasteiger partial charge in [0.05, 0.1) is 17.3 Å². The smallest absolute Gasteiger partial charge is 0.161 e. The second kappa shape index (κ2) is 9.28. The maximum atomic E-state index is 4.47. The van der Waals surface area contributed by atoms with Crippen LogP contribution < -0.4 is 0 Å². The highest BCUT2D eigenvalue weighted by molar-refractivity contribution is 5.79. The Morgan fingerprint density at radius 2 is 1.55 bits per heavy atom. The number of benzene rings is 2. The zero-order valence-electron chi connectivity index (χ0n) is 16.8. The van der Waals surface area contributed by atoms with Crippen molar-refractivity contribution in [3.8, 4) is 0 Å². The highest BCUT2D eigenvalue weighted by Gasteiger charge is 2.07. The van der Waals surface area contributed by atoms with Gasteiger partial charge in [-0.05, 0) is 42.4 Å². The van der Waals surface area contributed by atoms with E-state index in [1.807, 2.05) is 13.2 Å². The van der Waals surface area contributed by atoms with Gasteiger partial charge in [0.1, 0.15) is 6.33 Å².